The number of hydrogen-bond acceptors (Lipinski definition) is 4. The minimum atomic E-state index is -0.00353. The van der Waals surface area contributed by atoms with Gasteiger partial charge < -0.3 is 10.1 Å². The third kappa shape index (κ3) is 6.24. The van der Waals surface area contributed by atoms with Crippen molar-refractivity contribution in [2.45, 2.75) is 19.0 Å². The van der Waals surface area contributed by atoms with Gasteiger partial charge >= 0.3 is 0 Å². The Kier molecular flexibility index (Phi) is 7.72. The molecule has 0 fully saturated rings. The number of ether oxygens (including phenoxy) is 1. The first-order valence-corrected chi connectivity index (χ1v) is 9.02. The third-order valence-corrected chi connectivity index (χ3v) is 5.01. The Morgan fingerprint density at radius 3 is 2.67 bits per heavy atom. The molecule has 0 spiro atoms. The molecule has 0 aliphatic carbocycles. The number of rotatable bonds is 9. The molecule has 1 N–H and O–H groups in total. The normalized spacial score (nSPS) is 12.3. The van der Waals surface area contributed by atoms with E-state index in [1.54, 1.807) is 7.11 Å². The molecule has 1 amide bonds. The highest BCUT2D eigenvalue weighted by molar-refractivity contribution is 7.16. The molecule has 1 aromatic carbocycles. The van der Waals surface area contributed by atoms with Crippen LogP contribution in [0.5, 0.6) is 0 Å². The molecule has 1 heterocycles. The van der Waals surface area contributed by atoms with E-state index in [2.05, 4.69) is 17.4 Å². The molecule has 130 valence electrons. The van der Waals surface area contributed by atoms with Crippen LogP contribution in [0.1, 0.15) is 10.4 Å². The van der Waals surface area contributed by atoms with Crippen LogP contribution >= 0.6 is 22.9 Å². The third-order valence-electron chi connectivity index (χ3n) is 3.78. The van der Waals surface area contributed by atoms with Gasteiger partial charge in [0.15, 0.2) is 0 Å². The second-order valence-corrected chi connectivity index (χ2v) is 7.50. The van der Waals surface area contributed by atoms with Gasteiger partial charge in [0.25, 0.3) is 0 Å². The summed E-state index contributed by atoms with van der Waals surface area (Å²) < 4.78 is 6.06. The second kappa shape index (κ2) is 9.79. The molecule has 1 atom stereocenters. The largest absolute Gasteiger partial charge is 0.383 e. The standard InChI is InChI=1S/C18H23ClN2O2S/c1-21(12-18(22)20-11-16-8-9-17(19)24-16)15(13-23-2)10-14-6-4-3-5-7-14/h3-9,15H,10-13H2,1-2H3,(H,20,22)/t15-/m0/s1. The predicted octanol–water partition coefficient (Wildman–Crippen LogP) is 3.21. The summed E-state index contributed by atoms with van der Waals surface area (Å²) in [7, 11) is 3.64. The van der Waals surface area contributed by atoms with Crippen molar-refractivity contribution in [2.24, 2.45) is 0 Å². The fraction of sp³-hybridized carbons (Fsp3) is 0.389. The van der Waals surface area contributed by atoms with Crippen LogP contribution in [0.15, 0.2) is 42.5 Å². The number of halogens is 1. The van der Waals surface area contributed by atoms with Gasteiger partial charge in [-0.1, -0.05) is 41.9 Å². The Morgan fingerprint density at radius 2 is 2.04 bits per heavy atom. The van der Waals surface area contributed by atoms with Crippen molar-refractivity contribution in [2.75, 3.05) is 27.3 Å². The molecule has 2 aromatic rings. The quantitative estimate of drug-likeness (QED) is 0.741. The smallest absolute Gasteiger partial charge is 0.234 e. The molecule has 0 saturated carbocycles. The fourth-order valence-corrected chi connectivity index (χ4v) is 3.49. The Balaban J connectivity index is 1.84. The molecular formula is C18H23ClN2O2S. The highest BCUT2D eigenvalue weighted by atomic mass is 35.5. The van der Waals surface area contributed by atoms with E-state index >= 15 is 0 Å². The lowest BCUT2D eigenvalue weighted by Gasteiger charge is -2.27. The summed E-state index contributed by atoms with van der Waals surface area (Å²) in [5, 5.41) is 2.93. The number of thiophene rings is 1. The van der Waals surface area contributed by atoms with E-state index in [-0.39, 0.29) is 11.9 Å². The van der Waals surface area contributed by atoms with Gasteiger partial charge in [0.2, 0.25) is 5.91 Å². The lowest BCUT2D eigenvalue weighted by atomic mass is 10.1. The summed E-state index contributed by atoms with van der Waals surface area (Å²) in [5.74, 6) is -0.00353. The molecule has 0 saturated heterocycles. The van der Waals surface area contributed by atoms with E-state index < -0.39 is 0 Å². The van der Waals surface area contributed by atoms with Crippen molar-refractivity contribution in [1.29, 1.82) is 0 Å². The lowest BCUT2D eigenvalue weighted by Crippen LogP contribution is -2.43. The topological polar surface area (TPSA) is 41.6 Å². The summed E-state index contributed by atoms with van der Waals surface area (Å²) in [6.07, 6.45) is 0.846. The van der Waals surface area contributed by atoms with Crippen molar-refractivity contribution in [1.82, 2.24) is 10.2 Å². The van der Waals surface area contributed by atoms with Crippen LogP contribution in [-0.2, 0) is 22.5 Å². The number of methoxy groups -OCH3 is 1. The SMILES string of the molecule is COC[C@H](Cc1ccccc1)N(C)CC(=O)NCc1ccc(Cl)s1. The lowest BCUT2D eigenvalue weighted by molar-refractivity contribution is -0.122. The molecule has 0 unspecified atom stereocenters. The fourth-order valence-electron chi connectivity index (χ4n) is 2.46. The summed E-state index contributed by atoms with van der Waals surface area (Å²) in [4.78, 5) is 15.3. The van der Waals surface area contributed by atoms with Crippen LogP contribution in [0.2, 0.25) is 4.34 Å². The van der Waals surface area contributed by atoms with E-state index in [1.807, 2.05) is 42.3 Å². The van der Waals surface area contributed by atoms with Crippen molar-refractivity contribution in [3.63, 3.8) is 0 Å². The molecule has 6 heteroatoms. The molecule has 0 aliphatic heterocycles. The van der Waals surface area contributed by atoms with Crippen LogP contribution in [0.25, 0.3) is 0 Å². The number of nitrogens with one attached hydrogen (secondary N) is 1. The van der Waals surface area contributed by atoms with E-state index in [1.165, 1.54) is 16.9 Å². The van der Waals surface area contributed by atoms with E-state index in [0.717, 1.165) is 15.6 Å². The Hall–Kier alpha value is -1.40. The number of hydrogen-bond donors (Lipinski definition) is 1. The summed E-state index contributed by atoms with van der Waals surface area (Å²) >= 11 is 7.38. The zero-order chi connectivity index (χ0) is 17.4. The van der Waals surface area contributed by atoms with E-state index in [9.17, 15) is 4.79 Å². The van der Waals surface area contributed by atoms with Gasteiger partial charge in [-0.3, -0.25) is 9.69 Å². The molecule has 4 nitrogen and oxygen atoms in total. The maximum Gasteiger partial charge on any atom is 0.234 e. The van der Waals surface area contributed by atoms with Crippen molar-refractivity contribution in [3.05, 3.63) is 57.2 Å². The molecule has 0 aliphatic rings. The molecule has 2 rings (SSSR count). The zero-order valence-electron chi connectivity index (χ0n) is 14.0. The Bertz CT molecular complexity index is 633. The minimum absolute atomic E-state index is 0.00353. The van der Waals surface area contributed by atoms with Gasteiger partial charge in [0.1, 0.15) is 0 Å². The average molecular weight is 367 g/mol. The van der Waals surface area contributed by atoms with Gasteiger partial charge in [-0.15, -0.1) is 11.3 Å². The zero-order valence-corrected chi connectivity index (χ0v) is 15.6. The predicted molar refractivity (Wildman–Crippen MR) is 99.6 cm³/mol. The number of benzene rings is 1. The first kappa shape index (κ1) is 18.9. The Morgan fingerprint density at radius 1 is 1.29 bits per heavy atom. The summed E-state index contributed by atoms with van der Waals surface area (Å²) in [6, 6.07) is 14.2. The highest BCUT2D eigenvalue weighted by Gasteiger charge is 2.18. The summed E-state index contributed by atoms with van der Waals surface area (Å²) in [5.41, 5.74) is 1.24. The van der Waals surface area contributed by atoms with Gasteiger partial charge in [0.05, 0.1) is 24.0 Å². The number of carbonyl (C=O) groups excluding carboxylic acids is 1. The van der Waals surface area contributed by atoms with Crippen LogP contribution in [0.3, 0.4) is 0 Å². The van der Waals surface area contributed by atoms with Crippen molar-refractivity contribution >= 4 is 28.8 Å². The van der Waals surface area contributed by atoms with Gasteiger partial charge in [-0.25, -0.2) is 0 Å². The van der Waals surface area contributed by atoms with Gasteiger partial charge in [-0.2, -0.15) is 0 Å². The molecule has 1 aromatic heterocycles. The van der Waals surface area contributed by atoms with Gasteiger partial charge in [-0.05, 0) is 31.2 Å². The van der Waals surface area contributed by atoms with Crippen LogP contribution < -0.4 is 5.32 Å². The second-order valence-electron chi connectivity index (χ2n) is 5.70. The monoisotopic (exact) mass is 366 g/mol. The maximum absolute atomic E-state index is 12.2. The molecule has 0 radical (unpaired) electrons. The van der Waals surface area contributed by atoms with E-state index in [4.69, 9.17) is 16.3 Å². The first-order chi connectivity index (χ1) is 11.6. The number of carbonyl (C=O) groups is 1. The summed E-state index contributed by atoms with van der Waals surface area (Å²) in [6.45, 7) is 1.43. The maximum atomic E-state index is 12.2. The number of likely N-dealkylation sites (N-methyl/N-ethyl adjacent to an activating group) is 1. The first-order valence-electron chi connectivity index (χ1n) is 7.82. The highest BCUT2D eigenvalue weighted by Crippen LogP contribution is 2.20. The van der Waals surface area contributed by atoms with Crippen LogP contribution in [0.4, 0.5) is 0 Å². The molecule has 24 heavy (non-hydrogen) atoms. The van der Waals surface area contributed by atoms with Crippen LogP contribution in [0, 0.1) is 0 Å². The molecule has 0 bridgehead atoms. The van der Waals surface area contributed by atoms with Gasteiger partial charge in [0, 0.05) is 18.0 Å². The molecular weight excluding hydrogens is 344 g/mol. The van der Waals surface area contributed by atoms with Crippen molar-refractivity contribution < 1.29 is 9.53 Å². The average Bonchev–Trinajstić information content (AvgIpc) is 2.99. The van der Waals surface area contributed by atoms with E-state index in [0.29, 0.717) is 19.7 Å². The minimum Gasteiger partial charge on any atom is -0.383 e. The van der Waals surface area contributed by atoms with Crippen LogP contribution in [-0.4, -0.2) is 44.2 Å². The number of amides is 1. The number of nitrogens with zero attached hydrogens (tertiary/aromatic N) is 1. The van der Waals surface area contributed by atoms with Crippen molar-refractivity contribution in [3.8, 4) is 0 Å². The Labute approximate surface area is 152 Å².